The van der Waals surface area contributed by atoms with Gasteiger partial charge in [0.15, 0.2) is 0 Å². The fraction of sp³-hybridized carbons (Fsp3) is 0.267. The van der Waals surface area contributed by atoms with E-state index in [0.717, 1.165) is 24.2 Å². The maximum absolute atomic E-state index is 11.3. The van der Waals surface area contributed by atoms with Gasteiger partial charge in [0.1, 0.15) is 5.92 Å². The van der Waals surface area contributed by atoms with Gasteiger partial charge in [0, 0.05) is 18.8 Å². The summed E-state index contributed by atoms with van der Waals surface area (Å²) in [6.45, 7) is 1.45. The number of para-hydroxylation sites is 1. The first-order valence-corrected chi connectivity index (χ1v) is 7.28. The van der Waals surface area contributed by atoms with Crippen LogP contribution in [-0.4, -0.2) is 24.2 Å². The Morgan fingerprint density at radius 3 is 2.95 bits per heavy atom. The van der Waals surface area contributed by atoms with Crippen molar-refractivity contribution in [3.8, 4) is 0 Å². The van der Waals surface area contributed by atoms with Crippen molar-refractivity contribution in [1.82, 2.24) is 0 Å². The summed E-state index contributed by atoms with van der Waals surface area (Å²) < 4.78 is 0. The number of rotatable bonds is 4. The molecule has 0 saturated carbocycles. The first-order chi connectivity index (χ1) is 9.25. The molecule has 0 aliphatic carbocycles. The van der Waals surface area contributed by atoms with Crippen molar-refractivity contribution in [3.05, 3.63) is 52.2 Å². The minimum atomic E-state index is -0.731. The van der Waals surface area contributed by atoms with Crippen molar-refractivity contribution < 1.29 is 9.90 Å². The second kappa shape index (κ2) is 5.05. The number of nitrogens with zero attached hydrogens (tertiary/aromatic N) is 1. The summed E-state index contributed by atoms with van der Waals surface area (Å²) in [6, 6.07) is 9.96. The highest BCUT2D eigenvalue weighted by molar-refractivity contribution is 7.07. The van der Waals surface area contributed by atoms with Crippen molar-refractivity contribution in [3.63, 3.8) is 0 Å². The van der Waals surface area contributed by atoms with Crippen LogP contribution in [0.25, 0.3) is 0 Å². The number of hydrogen-bond donors (Lipinski definition) is 1. The quantitative estimate of drug-likeness (QED) is 0.931. The summed E-state index contributed by atoms with van der Waals surface area (Å²) in [5.41, 5.74) is 3.34. The fourth-order valence-corrected chi connectivity index (χ4v) is 3.31. The Labute approximate surface area is 116 Å². The predicted octanol–water partition coefficient (Wildman–Crippen LogP) is 2.98. The number of aliphatic carboxylic acids is 1. The fourth-order valence-electron chi connectivity index (χ4n) is 2.61. The lowest BCUT2D eigenvalue weighted by Gasteiger charge is -2.19. The van der Waals surface area contributed by atoms with Crippen LogP contribution in [0, 0.1) is 0 Å². The Hall–Kier alpha value is -1.81. The van der Waals surface area contributed by atoms with Gasteiger partial charge in [-0.25, -0.2) is 0 Å². The third-order valence-electron chi connectivity index (χ3n) is 3.60. The lowest BCUT2D eigenvalue weighted by Crippen LogP contribution is -2.26. The van der Waals surface area contributed by atoms with Crippen LogP contribution >= 0.6 is 11.3 Å². The van der Waals surface area contributed by atoms with E-state index in [1.165, 1.54) is 5.56 Å². The van der Waals surface area contributed by atoms with Gasteiger partial charge in [-0.05, 0) is 40.4 Å². The van der Waals surface area contributed by atoms with Crippen LogP contribution in [0.5, 0.6) is 0 Å². The molecule has 3 nitrogen and oxygen atoms in total. The molecule has 19 heavy (non-hydrogen) atoms. The Morgan fingerprint density at radius 2 is 2.21 bits per heavy atom. The molecule has 0 bridgehead atoms. The Balaban J connectivity index is 1.78. The van der Waals surface area contributed by atoms with E-state index in [-0.39, 0.29) is 0 Å². The van der Waals surface area contributed by atoms with Gasteiger partial charge in [-0.3, -0.25) is 4.79 Å². The first-order valence-electron chi connectivity index (χ1n) is 6.33. The molecule has 1 N–H and O–H groups in total. The number of carbonyl (C=O) groups is 1. The van der Waals surface area contributed by atoms with Gasteiger partial charge in [-0.15, -0.1) is 0 Å². The van der Waals surface area contributed by atoms with Crippen LogP contribution < -0.4 is 4.90 Å². The Kier molecular flexibility index (Phi) is 3.25. The minimum absolute atomic E-state index is 0.390. The number of fused-ring (bicyclic) bond motifs is 1. The third-order valence-corrected chi connectivity index (χ3v) is 4.34. The Bertz CT molecular complexity index is 580. The molecular formula is C15H15NO2S. The number of thiophene rings is 1. The van der Waals surface area contributed by atoms with E-state index in [4.69, 9.17) is 0 Å². The molecule has 1 aliphatic heterocycles. The molecule has 1 unspecified atom stereocenters. The highest BCUT2D eigenvalue weighted by atomic mass is 32.1. The van der Waals surface area contributed by atoms with Crippen molar-refractivity contribution in [2.24, 2.45) is 0 Å². The molecule has 1 aliphatic rings. The molecule has 0 amide bonds. The molecule has 2 aromatic rings. The van der Waals surface area contributed by atoms with Gasteiger partial charge < -0.3 is 10.0 Å². The van der Waals surface area contributed by atoms with Crippen LogP contribution in [0.3, 0.4) is 0 Å². The predicted molar refractivity (Wildman–Crippen MR) is 77.1 cm³/mol. The van der Waals surface area contributed by atoms with E-state index in [9.17, 15) is 9.90 Å². The maximum atomic E-state index is 11.3. The largest absolute Gasteiger partial charge is 0.481 e. The summed E-state index contributed by atoms with van der Waals surface area (Å²) in [7, 11) is 0. The van der Waals surface area contributed by atoms with Gasteiger partial charge >= 0.3 is 5.97 Å². The van der Waals surface area contributed by atoms with Crippen molar-refractivity contribution in [1.29, 1.82) is 0 Å². The number of carboxylic acids is 1. The first kappa shape index (κ1) is 12.2. The van der Waals surface area contributed by atoms with E-state index in [2.05, 4.69) is 21.7 Å². The molecule has 4 heteroatoms. The number of anilines is 1. The van der Waals surface area contributed by atoms with Crippen molar-refractivity contribution in [2.75, 3.05) is 18.0 Å². The summed E-state index contributed by atoms with van der Waals surface area (Å²) in [4.78, 5) is 13.5. The van der Waals surface area contributed by atoms with Crippen LogP contribution in [0.2, 0.25) is 0 Å². The molecule has 2 heterocycles. The monoisotopic (exact) mass is 273 g/mol. The van der Waals surface area contributed by atoms with Crippen LogP contribution in [0.4, 0.5) is 5.69 Å². The lowest BCUT2D eigenvalue weighted by atomic mass is 10.0. The number of benzene rings is 1. The second-order valence-corrected chi connectivity index (χ2v) is 5.56. The third kappa shape index (κ3) is 2.36. The standard InChI is InChI=1S/C15H15NO2S/c17-15(18)13-9-16(7-5-11-6-8-19-10-11)14-4-2-1-3-12(13)14/h1-4,6,8,10,13H,5,7,9H2,(H,17,18). The van der Waals surface area contributed by atoms with Crippen LogP contribution in [0.15, 0.2) is 41.1 Å². The number of carboxylic acid groups (broad SMARTS) is 1. The van der Waals surface area contributed by atoms with Gasteiger partial charge in [-0.2, -0.15) is 11.3 Å². The zero-order valence-electron chi connectivity index (χ0n) is 10.5. The van der Waals surface area contributed by atoms with E-state index in [1.54, 1.807) is 11.3 Å². The van der Waals surface area contributed by atoms with Gasteiger partial charge in [0.05, 0.1) is 0 Å². The van der Waals surface area contributed by atoms with Gasteiger partial charge in [0.25, 0.3) is 0 Å². The molecule has 0 saturated heterocycles. The summed E-state index contributed by atoms with van der Waals surface area (Å²) in [5.74, 6) is -1.12. The molecule has 3 rings (SSSR count). The topological polar surface area (TPSA) is 40.5 Å². The summed E-state index contributed by atoms with van der Waals surface area (Å²) >= 11 is 1.70. The molecular weight excluding hydrogens is 258 g/mol. The van der Waals surface area contributed by atoms with Crippen molar-refractivity contribution in [2.45, 2.75) is 12.3 Å². The highest BCUT2D eigenvalue weighted by Gasteiger charge is 2.32. The molecule has 1 atom stereocenters. The van der Waals surface area contributed by atoms with E-state index in [0.29, 0.717) is 6.54 Å². The maximum Gasteiger partial charge on any atom is 0.312 e. The van der Waals surface area contributed by atoms with E-state index < -0.39 is 11.9 Å². The second-order valence-electron chi connectivity index (χ2n) is 4.78. The zero-order chi connectivity index (χ0) is 13.2. The summed E-state index contributed by atoms with van der Waals surface area (Å²) in [6.07, 6.45) is 0.962. The molecule has 1 aromatic heterocycles. The SMILES string of the molecule is O=C(O)C1CN(CCc2ccsc2)c2ccccc21. The molecule has 98 valence electrons. The van der Waals surface area contributed by atoms with Crippen molar-refractivity contribution >= 4 is 23.0 Å². The summed E-state index contributed by atoms with van der Waals surface area (Å²) in [5, 5.41) is 13.5. The van der Waals surface area contributed by atoms with E-state index in [1.807, 2.05) is 24.3 Å². The zero-order valence-corrected chi connectivity index (χ0v) is 11.3. The molecule has 0 fully saturated rings. The average Bonchev–Trinajstić information content (AvgIpc) is 3.04. The van der Waals surface area contributed by atoms with Crippen LogP contribution in [-0.2, 0) is 11.2 Å². The lowest BCUT2D eigenvalue weighted by molar-refractivity contribution is -0.138. The van der Waals surface area contributed by atoms with Crippen LogP contribution in [0.1, 0.15) is 17.0 Å². The Morgan fingerprint density at radius 1 is 1.37 bits per heavy atom. The number of hydrogen-bond acceptors (Lipinski definition) is 3. The van der Waals surface area contributed by atoms with Gasteiger partial charge in [-0.1, -0.05) is 18.2 Å². The van der Waals surface area contributed by atoms with E-state index >= 15 is 0 Å². The molecule has 0 spiro atoms. The van der Waals surface area contributed by atoms with Gasteiger partial charge in [0.2, 0.25) is 0 Å². The normalized spacial score (nSPS) is 17.5. The molecule has 1 aromatic carbocycles. The molecule has 0 radical (unpaired) electrons. The minimum Gasteiger partial charge on any atom is -0.481 e. The average molecular weight is 273 g/mol. The smallest absolute Gasteiger partial charge is 0.312 e. The highest BCUT2D eigenvalue weighted by Crippen LogP contribution is 2.36.